The number of rotatable bonds is 4. The van der Waals surface area contributed by atoms with Crippen molar-refractivity contribution in [3.63, 3.8) is 0 Å². The van der Waals surface area contributed by atoms with Crippen LogP contribution in [0.1, 0.15) is 36.8 Å². The SMILES string of the molecule is N#Cc1cc(F)cc(CNCC2CCCCC2O)c1. The number of nitrogens with zero attached hydrogens (tertiary/aromatic N) is 1. The van der Waals surface area contributed by atoms with E-state index in [2.05, 4.69) is 5.32 Å². The van der Waals surface area contributed by atoms with E-state index in [0.29, 0.717) is 12.1 Å². The molecule has 0 spiro atoms. The molecular formula is C15H19FN2O. The molecule has 1 aromatic rings. The van der Waals surface area contributed by atoms with Gasteiger partial charge >= 0.3 is 0 Å². The first-order valence-corrected chi connectivity index (χ1v) is 6.77. The van der Waals surface area contributed by atoms with Crippen molar-refractivity contribution in [1.29, 1.82) is 5.26 Å². The number of benzene rings is 1. The van der Waals surface area contributed by atoms with E-state index in [0.717, 1.165) is 31.4 Å². The Kier molecular flexibility index (Phi) is 4.89. The van der Waals surface area contributed by atoms with E-state index in [1.165, 1.54) is 18.6 Å². The molecule has 19 heavy (non-hydrogen) atoms. The number of aliphatic hydroxyl groups is 1. The van der Waals surface area contributed by atoms with E-state index in [-0.39, 0.29) is 17.8 Å². The monoisotopic (exact) mass is 262 g/mol. The van der Waals surface area contributed by atoms with Gasteiger partial charge in [-0.3, -0.25) is 0 Å². The highest BCUT2D eigenvalue weighted by atomic mass is 19.1. The fourth-order valence-electron chi connectivity index (χ4n) is 2.65. The molecule has 1 fully saturated rings. The van der Waals surface area contributed by atoms with E-state index < -0.39 is 0 Å². The minimum Gasteiger partial charge on any atom is -0.393 e. The van der Waals surface area contributed by atoms with Crippen LogP contribution in [-0.2, 0) is 6.54 Å². The zero-order valence-electron chi connectivity index (χ0n) is 10.9. The summed E-state index contributed by atoms with van der Waals surface area (Å²) >= 11 is 0. The summed E-state index contributed by atoms with van der Waals surface area (Å²) in [6.45, 7) is 1.26. The van der Waals surface area contributed by atoms with Gasteiger partial charge < -0.3 is 10.4 Å². The molecule has 1 aromatic carbocycles. The first-order valence-electron chi connectivity index (χ1n) is 6.77. The highest BCUT2D eigenvalue weighted by Crippen LogP contribution is 2.23. The molecule has 2 N–H and O–H groups in total. The van der Waals surface area contributed by atoms with Crippen LogP contribution in [0, 0.1) is 23.1 Å². The quantitative estimate of drug-likeness (QED) is 0.875. The van der Waals surface area contributed by atoms with Gasteiger partial charge in [-0.05, 0) is 42.5 Å². The summed E-state index contributed by atoms with van der Waals surface area (Å²) in [5.41, 5.74) is 1.11. The fraction of sp³-hybridized carbons (Fsp3) is 0.533. The molecule has 3 nitrogen and oxygen atoms in total. The second kappa shape index (κ2) is 6.65. The number of hydrogen-bond donors (Lipinski definition) is 2. The second-order valence-corrected chi connectivity index (χ2v) is 5.20. The first-order chi connectivity index (χ1) is 9.19. The molecule has 0 aliphatic heterocycles. The van der Waals surface area contributed by atoms with Crippen molar-refractivity contribution in [2.45, 2.75) is 38.3 Å². The Morgan fingerprint density at radius 2 is 2.11 bits per heavy atom. The number of aliphatic hydroxyl groups excluding tert-OH is 1. The fourth-order valence-corrected chi connectivity index (χ4v) is 2.65. The van der Waals surface area contributed by atoms with Crippen molar-refractivity contribution in [3.05, 3.63) is 35.1 Å². The molecule has 4 heteroatoms. The lowest BCUT2D eigenvalue weighted by Gasteiger charge is -2.27. The van der Waals surface area contributed by atoms with Gasteiger partial charge in [0.15, 0.2) is 0 Å². The van der Waals surface area contributed by atoms with Gasteiger partial charge in [-0.15, -0.1) is 0 Å². The Labute approximate surface area is 113 Å². The molecular weight excluding hydrogens is 243 g/mol. The van der Waals surface area contributed by atoms with E-state index in [9.17, 15) is 9.50 Å². The third kappa shape index (κ3) is 4.02. The molecule has 0 heterocycles. The minimum atomic E-state index is -0.381. The van der Waals surface area contributed by atoms with Crippen LogP contribution < -0.4 is 5.32 Å². The second-order valence-electron chi connectivity index (χ2n) is 5.20. The van der Waals surface area contributed by atoms with Crippen LogP contribution in [0.15, 0.2) is 18.2 Å². The minimum absolute atomic E-state index is 0.219. The summed E-state index contributed by atoms with van der Waals surface area (Å²) in [6.07, 6.45) is 3.98. The Hall–Kier alpha value is -1.44. The van der Waals surface area contributed by atoms with Crippen molar-refractivity contribution in [2.75, 3.05) is 6.54 Å². The first kappa shape index (κ1) is 14.0. The predicted molar refractivity (Wildman–Crippen MR) is 70.8 cm³/mol. The average Bonchev–Trinajstić information content (AvgIpc) is 2.40. The molecule has 0 radical (unpaired) electrons. The standard InChI is InChI=1S/C15H19FN2O/c16-14-6-11(8-17)5-12(7-14)9-18-10-13-3-1-2-4-15(13)19/h5-7,13,15,18-19H,1-4,9-10H2. The van der Waals surface area contributed by atoms with Crippen LogP contribution >= 0.6 is 0 Å². The lowest BCUT2D eigenvalue weighted by atomic mass is 9.86. The van der Waals surface area contributed by atoms with Crippen molar-refractivity contribution in [2.24, 2.45) is 5.92 Å². The molecule has 0 aromatic heterocycles. The third-order valence-electron chi connectivity index (χ3n) is 3.69. The van der Waals surface area contributed by atoms with Gasteiger partial charge in [0.2, 0.25) is 0 Å². The summed E-state index contributed by atoms with van der Waals surface area (Å²) < 4.78 is 13.2. The van der Waals surface area contributed by atoms with Gasteiger partial charge in [0.05, 0.1) is 17.7 Å². The molecule has 1 saturated carbocycles. The summed E-state index contributed by atoms with van der Waals surface area (Å²) in [5.74, 6) is -0.0914. The Balaban J connectivity index is 1.85. The summed E-state index contributed by atoms with van der Waals surface area (Å²) in [6, 6.07) is 6.30. The maximum atomic E-state index is 13.2. The topological polar surface area (TPSA) is 56.0 Å². The number of nitrogens with one attached hydrogen (secondary N) is 1. The molecule has 0 saturated heterocycles. The van der Waals surface area contributed by atoms with Crippen LogP contribution in [0.2, 0.25) is 0 Å². The van der Waals surface area contributed by atoms with Gasteiger partial charge in [0, 0.05) is 13.1 Å². The summed E-state index contributed by atoms with van der Waals surface area (Å²) in [5, 5.41) is 21.9. The Morgan fingerprint density at radius 1 is 1.32 bits per heavy atom. The maximum absolute atomic E-state index is 13.2. The van der Waals surface area contributed by atoms with Gasteiger partial charge in [0.1, 0.15) is 5.82 Å². The van der Waals surface area contributed by atoms with Gasteiger partial charge in [0.25, 0.3) is 0 Å². The van der Waals surface area contributed by atoms with Crippen molar-refractivity contribution >= 4 is 0 Å². The van der Waals surface area contributed by atoms with E-state index in [1.807, 2.05) is 6.07 Å². The molecule has 0 bridgehead atoms. The van der Waals surface area contributed by atoms with Crippen LogP contribution in [0.3, 0.4) is 0 Å². The van der Waals surface area contributed by atoms with Crippen molar-refractivity contribution in [3.8, 4) is 6.07 Å². The molecule has 2 rings (SSSR count). The largest absolute Gasteiger partial charge is 0.393 e. The van der Waals surface area contributed by atoms with Gasteiger partial charge in [-0.25, -0.2) is 4.39 Å². The Bertz CT molecular complexity index is 470. The highest BCUT2D eigenvalue weighted by Gasteiger charge is 2.22. The average molecular weight is 262 g/mol. The van der Waals surface area contributed by atoms with Gasteiger partial charge in [-0.1, -0.05) is 12.8 Å². The van der Waals surface area contributed by atoms with Crippen LogP contribution in [0.25, 0.3) is 0 Å². The van der Waals surface area contributed by atoms with Crippen molar-refractivity contribution < 1.29 is 9.50 Å². The third-order valence-corrected chi connectivity index (χ3v) is 3.69. The number of nitriles is 1. The van der Waals surface area contributed by atoms with Crippen LogP contribution in [0.4, 0.5) is 4.39 Å². The smallest absolute Gasteiger partial charge is 0.124 e. The molecule has 0 amide bonds. The number of hydrogen-bond acceptors (Lipinski definition) is 3. The van der Waals surface area contributed by atoms with E-state index >= 15 is 0 Å². The normalized spacial score (nSPS) is 23.0. The molecule has 1 aliphatic carbocycles. The lowest BCUT2D eigenvalue weighted by Crippen LogP contribution is -2.33. The summed E-state index contributed by atoms with van der Waals surface area (Å²) in [7, 11) is 0. The van der Waals surface area contributed by atoms with Crippen molar-refractivity contribution in [1.82, 2.24) is 5.32 Å². The van der Waals surface area contributed by atoms with Crippen LogP contribution in [0.5, 0.6) is 0 Å². The molecule has 1 aliphatic rings. The van der Waals surface area contributed by atoms with E-state index in [4.69, 9.17) is 5.26 Å². The predicted octanol–water partition coefficient (Wildman–Crippen LogP) is 2.34. The maximum Gasteiger partial charge on any atom is 0.124 e. The number of halogens is 1. The highest BCUT2D eigenvalue weighted by molar-refractivity contribution is 5.33. The molecule has 102 valence electrons. The van der Waals surface area contributed by atoms with E-state index in [1.54, 1.807) is 6.07 Å². The zero-order valence-corrected chi connectivity index (χ0v) is 10.9. The molecule has 2 unspecified atom stereocenters. The molecule has 2 atom stereocenters. The summed E-state index contributed by atoms with van der Waals surface area (Å²) in [4.78, 5) is 0. The zero-order chi connectivity index (χ0) is 13.7. The van der Waals surface area contributed by atoms with Crippen LogP contribution in [-0.4, -0.2) is 17.8 Å². The van der Waals surface area contributed by atoms with Gasteiger partial charge in [-0.2, -0.15) is 5.26 Å². The lowest BCUT2D eigenvalue weighted by molar-refractivity contribution is 0.0695. The Morgan fingerprint density at radius 3 is 2.84 bits per heavy atom.